The summed E-state index contributed by atoms with van der Waals surface area (Å²) in [5.74, 6) is 0.165. The van der Waals surface area contributed by atoms with Gasteiger partial charge in [-0.05, 0) is 24.1 Å². The molecule has 1 aliphatic heterocycles. The van der Waals surface area contributed by atoms with Gasteiger partial charge in [0.2, 0.25) is 0 Å². The minimum atomic E-state index is 0.165. The van der Waals surface area contributed by atoms with E-state index in [4.69, 9.17) is 11.6 Å². The Morgan fingerprint density at radius 3 is 2.93 bits per heavy atom. The van der Waals surface area contributed by atoms with Crippen LogP contribution in [0.25, 0.3) is 0 Å². The zero-order valence-corrected chi connectivity index (χ0v) is 9.22. The van der Waals surface area contributed by atoms with Crippen molar-refractivity contribution < 1.29 is 5.11 Å². The van der Waals surface area contributed by atoms with E-state index in [9.17, 15) is 5.11 Å². The lowest BCUT2D eigenvalue weighted by Crippen LogP contribution is -2.49. The van der Waals surface area contributed by atoms with E-state index in [-0.39, 0.29) is 5.75 Å². The maximum Gasteiger partial charge on any atom is 0.134 e. The van der Waals surface area contributed by atoms with E-state index in [2.05, 4.69) is 10.6 Å². The molecule has 1 aliphatic rings. The highest BCUT2D eigenvalue weighted by molar-refractivity contribution is 6.31. The van der Waals surface area contributed by atoms with Crippen LogP contribution in [0.2, 0.25) is 5.02 Å². The molecular weight excluding hydrogens is 212 g/mol. The number of piperazine rings is 1. The van der Waals surface area contributed by atoms with Gasteiger partial charge >= 0.3 is 0 Å². The molecule has 1 unspecified atom stereocenters. The SMILES string of the molecule is Oc1cc(CC2CNCCN2)ccc1Cl. The standard InChI is InChI=1S/C11H15ClN2O/c12-10-2-1-8(6-11(10)15)5-9-7-13-3-4-14-9/h1-2,6,9,13-15H,3-5,7H2. The number of hydrogen-bond acceptors (Lipinski definition) is 3. The monoisotopic (exact) mass is 226 g/mol. The van der Waals surface area contributed by atoms with Gasteiger partial charge in [0.1, 0.15) is 5.75 Å². The third-order valence-electron chi connectivity index (χ3n) is 2.62. The van der Waals surface area contributed by atoms with Crippen LogP contribution in [0.1, 0.15) is 5.56 Å². The Bertz CT molecular complexity index is 337. The highest BCUT2D eigenvalue weighted by atomic mass is 35.5. The minimum absolute atomic E-state index is 0.165. The molecule has 2 rings (SSSR count). The van der Waals surface area contributed by atoms with Crippen LogP contribution in [0.4, 0.5) is 0 Å². The maximum atomic E-state index is 9.46. The molecule has 4 heteroatoms. The molecule has 0 aromatic heterocycles. The second-order valence-corrected chi connectivity index (χ2v) is 4.25. The molecule has 1 saturated heterocycles. The second-order valence-electron chi connectivity index (χ2n) is 3.85. The summed E-state index contributed by atoms with van der Waals surface area (Å²) in [5, 5.41) is 16.6. The number of nitrogens with one attached hydrogen (secondary N) is 2. The van der Waals surface area contributed by atoms with Crippen molar-refractivity contribution >= 4 is 11.6 Å². The lowest BCUT2D eigenvalue weighted by molar-refractivity contribution is 0.415. The molecule has 0 aliphatic carbocycles. The van der Waals surface area contributed by atoms with Crippen molar-refractivity contribution in [2.45, 2.75) is 12.5 Å². The third kappa shape index (κ3) is 2.84. The Balaban J connectivity index is 2.00. The fourth-order valence-electron chi connectivity index (χ4n) is 1.83. The number of phenolic OH excluding ortho intramolecular Hbond substituents is 1. The van der Waals surface area contributed by atoms with Crippen molar-refractivity contribution in [1.29, 1.82) is 0 Å². The summed E-state index contributed by atoms with van der Waals surface area (Å²) in [6.07, 6.45) is 0.914. The van der Waals surface area contributed by atoms with Crippen molar-refractivity contribution in [3.05, 3.63) is 28.8 Å². The van der Waals surface area contributed by atoms with Crippen LogP contribution in [0, 0.1) is 0 Å². The molecule has 0 saturated carbocycles. The summed E-state index contributed by atoms with van der Waals surface area (Å²) in [7, 11) is 0. The lowest BCUT2D eigenvalue weighted by Gasteiger charge is -2.24. The minimum Gasteiger partial charge on any atom is -0.506 e. The number of aromatic hydroxyl groups is 1. The van der Waals surface area contributed by atoms with Crippen molar-refractivity contribution in [2.24, 2.45) is 0 Å². The van der Waals surface area contributed by atoms with Crippen molar-refractivity contribution in [2.75, 3.05) is 19.6 Å². The number of phenols is 1. The third-order valence-corrected chi connectivity index (χ3v) is 2.94. The first-order chi connectivity index (χ1) is 7.25. The van der Waals surface area contributed by atoms with Gasteiger partial charge in [0, 0.05) is 25.7 Å². The van der Waals surface area contributed by atoms with Crippen LogP contribution < -0.4 is 10.6 Å². The normalized spacial score (nSPS) is 21.5. The van der Waals surface area contributed by atoms with Gasteiger partial charge in [-0.1, -0.05) is 17.7 Å². The van der Waals surface area contributed by atoms with E-state index in [0.29, 0.717) is 11.1 Å². The maximum absolute atomic E-state index is 9.46. The van der Waals surface area contributed by atoms with Crippen LogP contribution in [-0.4, -0.2) is 30.8 Å². The second kappa shape index (κ2) is 4.84. The lowest BCUT2D eigenvalue weighted by atomic mass is 10.0. The average Bonchev–Trinajstić information content (AvgIpc) is 2.25. The molecule has 3 nitrogen and oxygen atoms in total. The summed E-state index contributed by atoms with van der Waals surface area (Å²) in [6, 6.07) is 5.87. The Kier molecular flexibility index (Phi) is 3.46. The van der Waals surface area contributed by atoms with Crippen molar-refractivity contribution in [3.8, 4) is 5.75 Å². The molecule has 0 radical (unpaired) electrons. The highest BCUT2D eigenvalue weighted by Crippen LogP contribution is 2.24. The van der Waals surface area contributed by atoms with Crippen LogP contribution in [0.5, 0.6) is 5.75 Å². The largest absolute Gasteiger partial charge is 0.506 e. The quantitative estimate of drug-likeness (QED) is 0.709. The first-order valence-corrected chi connectivity index (χ1v) is 5.55. The molecule has 15 heavy (non-hydrogen) atoms. The van der Waals surface area contributed by atoms with Crippen LogP contribution in [0.3, 0.4) is 0 Å². The van der Waals surface area contributed by atoms with Gasteiger partial charge < -0.3 is 15.7 Å². The van der Waals surface area contributed by atoms with Crippen LogP contribution >= 0.6 is 11.6 Å². The Morgan fingerprint density at radius 2 is 2.27 bits per heavy atom. The predicted octanol–water partition coefficient (Wildman–Crippen LogP) is 1.15. The fraction of sp³-hybridized carbons (Fsp3) is 0.455. The molecule has 0 spiro atoms. The van der Waals surface area contributed by atoms with E-state index < -0.39 is 0 Å². The summed E-state index contributed by atoms with van der Waals surface area (Å²) in [4.78, 5) is 0. The van der Waals surface area contributed by atoms with Crippen molar-refractivity contribution in [3.63, 3.8) is 0 Å². The Hall–Kier alpha value is -0.770. The van der Waals surface area contributed by atoms with Crippen LogP contribution in [0.15, 0.2) is 18.2 Å². The Labute approximate surface area is 94.4 Å². The molecule has 1 aromatic rings. The molecule has 1 aromatic carbocycles. The number of rotatable bonds is 2. The number of halogens is 1. The predicted molar refractivity (Wildman–Crippen MR) is 61.5 cm³/mol. The topological polar surface area (TPSA) is 44.3 Å². The van der Waals surface area contributed by atoms with E-state index in [1.54, 1.807) is 12.1 Å². The van der Waals surface area contributed by atoms with Gasteiger partial charge in [0.15, 0.2) is 0 Å². The molecule has 3 N–H and O–H groups in total. The van der Waals surface area contributed by atoms with Crippen molar-refractivity contribution in [1.82, 2.24) is 10.6 Å². The smallest absolute Gasteiger partial charge is 0.134 e. The first kappa shape index (κ1) is 10.7. The molecule has 82 valence electrons. The highest BCUT2D eigenvalue weighted by Gasteiger charge is 2.12. The molecular formula is C11H15ClN2O. The van der Waals surface area contributed by atoms with E-state index >= 15 is 0 Å². The Morgan fingerprint density at radius 1 is 1.40 bits per heavy atom. The average molecular weight is 227 g/mol. The molecule has 1 fully saturated rings. The molecule has 1 atom stereocenters. The number of hydrogen-bond donors (Lipinski definition) is 3. The van der Waals surface area contributed by atoms with Gasteiger partial charge in [-0.2, -0.15) is 0 Å². The van der Waals surface area contributed by atoms with E-state index in [1.807, 2.05) is 6.07 Å². The molecule has 1 heterocycles. The first-order valence-electron chi connectivity index (χ1n) is 5.17. The van der Waals surface area contributed by atoms with Gasteiger partial charge in [0.25, 0.3) is 0 Å². The van der Waals surface area contributed by atoms with Gasteiger partial charge in [-0.3, -0.25) is 0 Å². The number of benzene rings is 1. The summed E-state index contributed by atoms with van der Waals surface area (Å²) < 4.78 is 0. The summed E-state index contributed by atoms with van der Waals surface area (Å²) in [5.41, 5.74) is 1.11. The zero-order chi connectivity index (χ0) is 10.7. The summed E-state index contributed by atoms with van der Waals surface area (Å²) >= 11 is 5.75. The van der Waals surface area contributed by atoms with E-state index in [1.165, 1.54) is 0 Å². The molecule has 0 amide bonds. The summed E-state index contributed by atoms with van der Waals surface area (Å²) in [6.45, 7) is 3.01. The van der Waals surface area contributed by atoms with E-state index in [0.717, 1.165) is 31.6 Å². The van der Waals surface area contributed by atoms with Gasteiger partial charge in [-0.25, -0.2) is 0 Å². The zero-order valence-electron chi connectivity index (χ0n) is 8.46. The van der Waals surface area contributed by atoms with Gasteiger partial charge in [-0.15, -0.1) is 0 Å². The van der Waals surface area contributed by atoms with Gasteiger partial charge in [0.05, 0.1) is 5.02 Å². The fourth-order valence-corrected chi connectivity index (χ4v) is 1.94. The van der Waals surface area contributed by atoms with Crippen LogP contribution in [-0.2, 0) is 6.42 Å². The molecule has 0 bridgehead atoms.